The summed E-state index contributed by atoms with van der Waals surface area (Å²) in [5.41, 5.74) is 6.52. The number of hydrazone groups is 1. The summed E-state index contributed by atoms with van der Waals surface area (Å²) in [6.45, 7) is 3.56. The Morgan fingerprint density at radius 2 is 1.76 bits per heavy atom. The van der Waals surface area contributed by atoms with Crippen molar-refractivity contribution in [3.8, 4) is 16.9 Å². The predicted octanol–water partition coefficient (Wildman–Crippen LogP) is 4.51. The highest BCUT2D eigenvalue weighted by molar-refractivity contribution is 5.96. The molecule has 2 aromatic heterocycles. The summed E-state index contributed by atoms with van der Waals surface area (Å²) >= 11 is 0. The standard InChI is InChI=1S/C23H20N4O2/c1-16-13-21(17(2)29-16)23(28)25-24-14-19-15-27(20-11-7-4-8-12-20)26-22(19)18-9-5-3-6-10-18/h3-15H,1-2H3,(H,25,28). The minimum Gasteiger partial charge on any atom is -0.466 e. The molecule has 1 amide bonds. The Labute approximate surface area is 168 Å². The zero-order valence-corrected chi connectivity index (χ0v) is 16.2. The molecule has 0 radical (unpaired) electrons. The number of carbonyl (C=O) groups excluding carboxylic acids is 1. The fourth-order valence-electron chi connectivity index (χ4n) is 3.09. The summed E-state index contributed by atoms with van der Waals surface area (Å²) in [4.78, 5) is 12.3. The first-order chi connectivity index (χ1) is 14.1. The summed E-state index contributed by atoms with van der Waals surface area (Å²) < 4.78 is 7.20. The average molecular weight is 384 g/mol. The van der Waals surface area contributed by atoms with E-state index in [1.165, 1.54) is 0 Å². The lowest BCUT2D eigenvalue weighted by atomic mass is 10.1. The fraction of sp³-hybridized carbons (Fsp3) is 0.0870. The van der Waals surface area contributed by atoms with Crippen molar-refractivity contribution in [2.75, 3.05) is 0 Å². The molecule has 2 heterocycles. The van der Waals surface area contributed by atoms with Gasteiger partial charge in [-0.3, -0.25) is 4.79 Å². The number of aromatic nitrogens is 2. The Balaban J connectivity index is 1.63. The quantitative estimate of drug-likeness (QED) is 0.406. The Hall–Kier alpha value is -3.93. The first-order valence-corrected chi connectivity index (χ1v) is 9.23. The zero-order valence-electron chi connectivity index (χ0n) is 16.2. The molecule has 6 heteroatoms. The van der Waals surface area contributed by atoms with E-state index in [-0.39, 0.29) is 5.91 Å². The second kappa shape index (κ2) is 7.98. The molecule has 6 nitrogen and oxygen atoms in total. The number of carbonyl (C=O) groups is 1. The third kappa shape index (κ3) is 4.01. The first kappa shape index (κ1) is 18.4. The summed E-state index contributed by atoms with van der Waals surface area (Å²) in [6.07, 6.45) is 3.50. The highest BCUT2D eigenvalue weighted by atomic mass is 16.3. The van der Waals surface area contributed by atoms with E-state index >= 15 is 0 Å². The number of furan rings is 1. The highest BCUT2D eigenvalue weighted by Gasteiger charge is 2.14. The molecule has 0 spiro atoms. The number of nitrogens with zero attached hydrogens (tertiary/aromatic N) is 3. The number of aryl methyl sites for hydroxylation is 2. The van der Waals surface area contributed by atoms with Crippen molar-refractivity contribution in [3.05, 3.63) is 95.6 Å². The lowest BCUT2D eigenvalue weighted by molar-refractivity contribution is 0.0953. The van der Waals surface area contributed by atoms with Crippen LogP contribution in [0.4, 0.5) is 0 Å². The monoisotopic (exact) mass is 384 g/mol. The zero-order chi connectivity index (χ0) is 20.2. The van der Waals surface area contributed by atoms with Gasteiger partial charge in [-0.2, -0.15) is 10.2 Å². The Morgan fingerprint density at radius 3 is 2.41 bits per heavy atom. The smallest absolute Gasteiger partial charge is 0.274 e. The average Bonchev–Trinajstić information content (AvgIpc) is 3.32. The molecule has 0 unspecified atom stereocenters. The number of benzene rings is 2. The van der Waals surface area contributed by atoms with E-state index in [1.54, 1.807) is 30.8 Å². The molecule has 2 aromatic carbocycles. The van der Waals surface area contributed by atoms with Crippen molar-refractivity contribution in [2.45, 2.75) is 13.8 Å². The maximum Gasteiger partial charge on any atom is 0.274 e. The largest absolute Gasteiger partial charge is 0.466 e. The molecule has 4 aromatic rings. The van der Waals surface area contributed by atoms with Crippen LogP contribution in [-0.2, 0) is 0 Å². The van der Waals surface area contributed by atoms with Crippen LogP contribution in [0.15, 0.2) is 82.4 Å². The van der Waals surface area contributed by atoms with Gasteiger partial charge < -0.3 is 4.42 Å². The Morgan fingerprint density at radius 1 is 1.07 bits per heavy atom. The van der Waals surface area contributed by atoms with Gasteiger partial charge in [-0.1, -0.05) is 48.5 Å². The van der Waals surface area contributed by atoms with Crippen LogP contribution in [-0.4, -0.2) is 21.9 Å². The van der Waals surface area contributed by atoms with Crippen LogP contribution in [0.1, 0.15) is 27.4 Å². The molecular formula is C23H20N4O2. The van der Waals surface area contributed by atoms with Gasteiger partial charge >= 0.3 is 0 Å². The SMILES string of the molecule is Cc1cc(C(=O)NN=Cc2cn(-c3ccccc3)nc2-c2ccccc2)c(C)o1. The van der Waals surface area contributed by atoms with Gasteiger partial charge in [0.1, 0.15) is 17.2 Å². The van der Waals surface area contributed by atoms with E-state index in [4.69, 9.17) is 9.52 Å². The molecule has 0 aliphatic carbocycles. The van der Waals surface area contributed by atoms with Crippen molar-refractivity contribution >= 4 is 12.1 Å². The molecule has 0 fully saturated rings. The molecule has 0 bridgehead atoms. The van der Waals surface area contributed by atoms with E-state index < -0.39 is 0 Å². The summed E-state index contributed by atoms with van der Waals surface area (Å²) in [5.74, 6) is 0.941. The van der Waals surface area contributed by atoms with Crippen LogP contribution in [0.5, 0.6) is 0 Å². The Kier molecular flexibility index (Phi) is 5.07. The van der Waals surface area contributed by atoms with E-state index in [0.29, 0.717) is 17.1 Å². The maximum absolute atomic E-state index is 12.3. The first-order valence-electron chi connectivity index (χ1n) is 9.23. The van der Waals surface area contributed by atoms with Crippen LogP contribution < -0.4 is 5.43 Å². The second-order valence-electron chi connectivity index (χ2n) is 6.61. The van der Waals surface area contributed by atoms with Gasteiger partial charge in [0, 0.05) is 17.3 Å². The highest BCUT2D eigenvalue weighted by Crippen LogP contribution is 2.22. The van der Waals surface area contributed by atoms with E-state index in [0.717, 1.165) is 22.5 Å². The van der Waals surface area contributed by atoms with Crippen molar-refractivity contribution in [3.63, 3.8) is 0 Å². The topological polar surface area (TPSA) is 72.4 Å². The number of rotatable bonds is 5. The van der Waals surface area contributed by atoms with Gasteiger partial charge in [-0.15, -0.1) is 0 Å². The van der Waals surface area contributed by atoms with Gasteiger partial charge in [0.15, 0.2) is 0 Å². The van der Waals surface area contributed by atoms with Crippen LogP contribution in [0.3, 0.4) is 0 Å². The third-order valence-electron chi connectivity index (χ3n) is 4.47. The third-order valence-corrected chi connectivity index (χ3v) is 4.47. The molecule has 144 valence electrons. The van der Waals surface area contributed by atoms with Gasteiger partial charge in [0.2, 0.25) is 0 Å². The van der Waals surface area contributed by atoms with E-state index in [1.807, 2.05) is 66.9 Å². The van der Waals surface area contributed by atoms with Gasteiger partial charge in [-0.05, 0) is 32.0 Å². The molecular weight excluding hydrogens is 364 g/mol. The molecule has 0 aliphatic heterocycles. The minimum absolute atomic E-state index is 0.313. The van der Waals surface area contributed by atoms with Gasteiger partial charge in [-0.25, -0.2) is 10.1 Å². The molecule has 1 N–H and O–H groups in total. The number of para-hydroxylation sites is 1. The molecule has 0 saturated heterocycles. The number of amides is 1. The molecule has 4 rings (SSSR count). The summed E-state index contributed by atoms with van der Waals surface area (Å²) in [6, 6.07) is 21.4. The van der Waals surface area contributed by atoms with E-state index in [2.05, 4.69) is 10.5 Å². The normalized spacial score (nSPS) is 11.1. The second-order valence-corrected chi connectivity index (χ2v) is 6.61. The van der Waals surface area contributed by atoms with Crippen molar-refractivity contribution in [1.82, 2.24) is 15.2 Å². The van der Waals surface area contributed by atoms with Gasteiger partial charge in [0.05, 0.1) is 17.5 Å². The Bertz CT molecular complexity index is 1160. The van der Waals surface area contributed by atoms with E-state index in [9.17, 15) is 4.79 Å². The molecule has 0 atom stereocenters. The number of nitrogens with one attached hydrogen (secondary N) is 1. The van der Waals surface area contributed by atoms with Gasteiger partial charge in [0.25, 0.3) is 5.91 Å². The summed E-state index contributed by atoms with van der Waals surface area (Å²) in [7, 11) is 0. The maximum atomic E-state index is 12.3. The van der Waals surface area contributed by atoms with Crippen molar-refractivity contribution in [1.29, 1.82) is 0 Å². The van der Waals surface area contributed by atoms with Crippen molar-refractivity contribution in [2.24, 2.45) is 5.10 Å². The molecule has 0 aliphatic rings. The van der Waals surface area contributed by atoms with Crippen molar-refractivity contribution < 1.29 is 9.21 Å². The lowest BCUT2D eigenvalue weighted by Crippen LogP contribution is -2.17. The lowest BCUT2D eigenvalue weighted by Gasteiger charge is -2.00. The van der Waals surface area contributed by atoms with Crippen LogP contribution >= 0.6 is 0 Å². The van der Waals surface area contributed by atoms with Crippen LogP contribution in [0.2, 0.25) is 0 Å². The molecule has 0 saturated carbocycles. The van der Waals surface area contributed by atoms with Crippen LogP contribution in [0.25, 0.3) is 16.9 Å². The number of hydrogen-bond acceptors (Lipinski definition) is 4. The predicted molar refractivity (Wildman–Crippen MR) is 112 cm³/mol. The summed E-state index contributed by atoms with van der Waals surface area (Å²) in [5, 5.41) is 8.86. The number of hydrogen-bond donors (Lipinski definition) is 1. The molecule has 29 heavy (non-hydrogen) atoms. The van der Waals surface area contributed by atoms with Crippen LogP contribution in [0, 0.1) is 13.8 Å². The fourth-order valence-corrected chi connectivity index (χ4v) is 3.09. The minimum atomic E-state index is -0.313.